The molecule has 1 radical (unpaired) electrons. The van der Waals surface area contributed by atoms with Crippen molar-refractivity contribution in [2.75, 3.05) is 13.2 Å². The summed E-state index contributed by atoms with van der Waals surface area (Å²) in [7, 11) is 0. The number of rotatable bonds is 4. The van der Waals surface area contributed by atoms with Crippen molar-refractivity contribution >= 4 is 5.91 Å². The minimum atomic E-state index is -0.546. The van der Waals surface area contributed by atoms with E-state index in [1.807, 2.05) is 0 Å². The fraction of sp³-hybridized carbons (Fsp3) is 0.667. The number of amides is 1. The third-order valence-corrected chi connectivity index (χ3v) is 1.45. The van der Waals surface area contributed by atoms with Crippen molar-refractivity contribution in [3.8, 4) is 0 Å². The molecule has 0 aliphatic rings. The number of aliphatic hydroxyl groups is 2. The number of carbonyl (C=O) groups excluding carboxylic acids is 1. The van der Waals surface area contributed by atoms with Gasteiger partial charge in [-0.1, -0.05) is 6.92 Å². The van der Waals surface area contributed by atoms with E-state index in [4.69, 9.17) is 15.9 Å². The fourth-order valence-corrected chi connectivity index (χ4v) is 0.525. The number of nitrogens with two attached hydrogens (primary N) is 1. The average molecular weight is 146 g/mol. The molecule has 0 saturated heterocycles. The molecule has 10 heavy (non-hydrogen) atoms. The van der Waals surface area contributed by atoms with Gasteiger partial charge in [0.25, 0.3) is 0 Å². The summed E-state index contributed by atoms with van der Waals surface area (Å²) in [5.41, 5.74) is 4.91. The first kappa shape index (κ1) is 9.39. The summed E-state index contributed by atoms with van der Waals surface area (Å²) in [4.78, 5) is 10.4. The molecule has 4 nitrogen and oxygen atoms in total. The predicted molar refractivity (Wildman–Crippen MR) is 35.8 cm³/mol. The fourth-order valence-electron chi connectivity index (χ4n) is 0.525. The molecule has 1 amide bonds. The Morgan fingerprint density at radius 3 is 2.00 bits per heavy atom. The van der Waals surface area contributed by atoms with E-state index in [1.54, 1.807) is 6.92 Å². The zero-order chi connectivity index (χ0) is 8.15. The van der Waals surface area contributed by atoms with Gasteiger partial charge in [0.05, 0.1) is 13.2 Å². The number of carbonyl (C=O) groups is 1. The van der Waals surface area contributed by atoms with Crippen LogP contribution in [0, 0.1) is 11.8 Å². The van der Waals surface area contributed by atoms with Crippen LogP contribution in [0.4, 0.5) is 0 Å². The maximum Gasteiger partial charge on any atom is 0.221 e. The summed E-state index contributed by atoms with van der Waals surface area (Å²) < 4.78 is 0. The first-order valence-corrected chi connectivity index (χ1v) is 2.99. The topological polar surface area (TPSA) is 83.6 Å². The molecular weight excluding hydrogens is 134 g/mol. The Morgan fingerprint density at radius 1 is 1.50 bits per heavy atom. The van der Waals surface area contributed by atoms with Gasteiger partial charge in [-0.15, -0.1) is 0 Å². The number of aliphatic hydroxyl groups excluding tert-OH is 2. The van der Waals surface area contributed by atoms with Crippen molar-refractivity contribution in [1.29, 1.82) is 0 Å². The molecule has 0 fully saturated rings. The van der Waals surface area contributed by atoms with E-state index in [-0.39, 0.29) is 13.2 Å². The lowest BCUT2D eigenvalue weighted by Gasteiger charge is -2.14. The molecule has 4 heteroatoms. The van der Waals surface area contributed by atoms with Crippen LogP contribution in [0.25, 0.3) is 0 Å². The van der Waals surface area contributed by atoms with Gasteiger partial charge in [-0.25, -0.2) is 0 Å². The maximum atomic E-state index is 10.4. The van der Waals surface area contributed by atoms with E-state index in [9.17, 15) is 4.79 Å². The Kier molecular flexibility index (Phi) is 3.99. The first-order chi connectivity index (χ1) is 4.63. The summed E-state index contributed by atoms with van der Waals surface area (Å²) in [5.74, 6) is -0.722. The zero-order valence-corrected chi connectivity index (χ0v) is 5.87. The van der Waals surface area contributed by atoms with Crippen LogP contribution in [0.2, 0.25) is 0 Å². The zero-order valence-electron chi connectivity index (χ0n) is 5.87. The highest BCUT2D eigenvalue weighted by molar-refractivity contribution is 5.78. The Balaban J connectivity index is 3.88. The summed E-state index contributed by atoms with van der Waals surface area (Å²) >= 11 is 0. The van der Waals surface area contributed by atoms with Crippen molar-refractivity contribution in [2.24, 2.45) is 11.7 Å². The van der Waals surface area contributed by atoms with Crippen molar-refractivity contribution in [3.63, 3.8) is 0 Å². The van der Waals surface area contributed by atoms with E-state index in [0.29, 0.717) is 5.92 Å². The highest BCUT2D eigenvalue weighted by Gasteiger charge is 2.20. The molecule has 0 spiro atoms. The van der Waals surface area contributed by atoms with Gasteiger partial charge in [0, 0.05) is 11.8 Å². The van der Waals surface area contributed by atoms with Gasteiger partial charge in [0.1, 0.15) is 0 Å². The van der Waals surface area contributed by atoms with Crippen molar-refractivity contribution in [3.05, 3.63) is 5.92 Å². The van der Waals surface area contributed by atoms with Gasteiger partial charge in [-0.3, -0.25) is 4.79 Å². The molecule has 59 valence electrons. The van der Waals surface area contributed by atoms with Crippen LogP contribution in [0.5, 0.6) is 0 Å². The monoisotopic (exact) mass is 146 g/mol. The molecule has 0 aliphatic heterocycles. The lowest BCUT2D eigenvalue weighted by atomic mass is 9.95. The third kappa shape index (κ3) is 2.33. The summed E-state index contributed by atoms with van der Waals surface area (Å²) in [6, 6.07) is 0. The lowest BCUT2D eigenvalue weighted by Crippen LogP contribution is -2.30. The van der Waals surface area contributed by atoms with E-state index in [0.717, 1.165) is 0 Å². The van der Waals surface area contributed by atoms with Crippen LogP contribution in [0.3, 0.4) is 0 Å². The molecular formula is C6H12NO3. The molecule has 4 N–H and O–H groups in total. The van der Waals surface area contributed by atoms with Crippen LogP contribution in [0.15, 0.2) is 0 Å². The average Bonchev–Trinajstić information content (AvgIpc) is 1.90. The molecule has 0 aromatic carbocycles. The van der Waals surface area contributed by atoms with Crippen molar-refractivity contribution < 1.29 is 15.0 Å². The van der Waals surface area contributed by atoms with Crippen LogP contribution < -0.4 is 5.73 Å². The molecule has 0 heterocycles. The SMILES string of the molecule is CC([C](CO)CO)C(N)=O. The highest BCUT2D eigenvalue weighted by Crippen LogP contribution is 2.10. The lowest BCUT2D eigenvalue weighted by molar-refractivity contribution is -0.121. The quantitative estimate of drug-likeness (QED) is 0.459. The number of hydrogen-bond donors (Lipinski definition) is 3. The third-order valence-electron chi connectivity index (χ3n) is 1.45. The number of hydrogen-bond acceptors (Lipinski definition) is 3. The Morgan fingerprint density at radius 2 is 1.90 bits per heavy atom. The standard InChI is InChI=1S/C6H12NO3/c1-4(6(7)10)5(2-8)3-9/h4,8-9H,2-3H2,1H3,(H2,7,10). The Hall–Kier alpha value is -0.610. The molecule has 0 saturated carbocycles. The maximum absolute atomic E-state index is 10.4. The molecule has 0 aliphatic carbocycles. The largest absolute Gasteiger partial charge is 0.396 e. The normalized spacial score (nSPS) is 13.6. The number of primary amides is 1. The molecule has 0 rings (SSSR count). The van der Waals surface area contributed by atoms with Gasteiger partial charge in [0.15, 0.2) is 0 Å². The van der Waals surface area contributed by atoms with Gasteiger partial charge < -0.3 is 15.9 Å². The van der Waals surface area contributed by atoms with Crippen LogP contribution in [0.1, 0.15) is 6.92 Å². The minimum Gasteiger partial charge on any atom is -0.396 e. The highest BCUT2D eigenvalue weighted by atomic mass is 16.3. The molecule has 0 aromatic heterocycles. The second kappa shape index (κ2) is 4.24. The van der Waals surface area contributed by atoms with Crippen molar-refractivity contribution in [1.82, 2.24) is 0 Å². The van der Waals surface area contributed by atoms with Gasteiger partial charge in [-0.05, 0) is 0 Å². The van der Waals surface area contributed by atoms with Gasteiger partial charge in [-0.2, -0.15) is 0 Å². The van der Waals surface area contributed by atoms with Crippen molar-refractivity contribution in [2.45, 2.75) is 6.92 Å². The minimum absolute atomic E-state index is 0.291. The summed E-state index contributed by atoms with van der Waals surface area (Å²) in [6.45, 7) is 0.964. The predicted octanol–water partition coefficient (Wildman–Crippen LogP) is -1.33. The van der Waals surface area contributed by atoms with Crippen LogP contribution in [-0.2, 0) is 4.79 Å². The van der Waals surface area contributed by atoms with Gasteiger partial charge in [0.2, 0.25) is 5.91 Å². The van der Waals surface area contributed by atoms with Crippen LogP contribution >= 0.6 is 0 Å². The van der Waals surface area contributed by atoms with E-state index < -0.39 is 11.8 Å². The summed E-state index contributed by atoms with van der Waals surface area (Å²) in [5, 5.41) is 17.1. The van der Waals surface area contributed by atoms with Crippen LogP contribution in [-0.4, -0.2) is 29.3 Å². The Labute approximate surface area is 59.7 Å². The second-order valence-corrected chi connectivity index (χ2v) is 2.10. The first-order valence-electron chi connectivity index (χ1n) is 2.99. The van der Waals surface area contributed by atoms with E-state index in [2.05, 4.69) is 0 Å². The molecule has 0 aromatic rings. The smallest absolute Gasteiger partial charge is 0.221 e. The molecule has 0 bridgehead atoms. The van der Waals surface area contributed by atoms with Gasteiger partial charge >= 0.3 is 0 Å². The summed E-state index contributed by atoms with van der Waals surface area (Å²) in [6.07, 6.45) is 0. The van der Waals surface area contributed by atoms with E-state index in [1.165, 1.54) is 0 Å². The molecule has 1 atom stereocenters. The molecule has 1 unspecified atom stereocenters. The Bertz CT molecular complexity index is 112. The van der Waals surface area contributed by atoms with E-state index >= 15 is 0 Å². The second-order valence-electron chi connectivity index (χ2n) is 2.10.